The van der Waals surface area contributed by atoms with Crippen molar-refractivity contribution in [2.75, 3.05) is 11.9 Å². The van der Waals surface area contributed by atoms with Crippen LogP contribution >= 0.6 is 12.2 Å². The van der Waals surface area contributed by atoms with Gasteiger partial charge in [-0.25, -0.2) is 0 Å². The van der Waals surface area contributed by atoms with Crippen molar-refractivity contribution in [3.05, 3.63) is 71.8 Å². The van der Waals surface area contributed by atoms with Crippen LogP contribution in [0.2, 0.25) is 0 Å². The molecule has 0 heterocycles. The summed E-state index contributed by atoms with van der Waals surface area (Å²) in [6, 6.07) is 19.6. The second-order valence-electron chi connectivity index (χ2n) is 6.09. The predicted molar refractivity (Wildman–Crippen MR) is 110 cm³/mol. The Hall–Kier alpha value is -2.92. The van der Waals surface area contributed by atoms with Gasteiger partial charge in [-0.15, -0.1) is 0 Å². The zero-order valence-electron chi connectivity index (χ0n) is 14.7. The summed E-state index contributed by atoms with van der Waals surface area (Å²) >= 11 is 5.21. The maximum absolute atomic E-state index is 12.1. The standard InChI is InChI=1S/C21H20N2O2S/c1-14-10-11-18(15(2)12-14)22-21(26)23-20(24)13-25-19-9-5-7-16-6-3-4-8-17(16)19/h3-12H,13H2,1-2H3,(H2,22,23,24,26). The van der Waals surface area contributed by atoms with Gasteiger partial charge < -0.3 is 10.1 Å². The number of benzene rings is 3. The van der Waals surface area contributed by atoms with Crippen LogP contribution in [0.3, 0.4) is 0 Å². The number of hydrogen-bond acceptors (Lipinski definition) is 3. The predicted octanol–water partition coefficient (Wildman–Crippen LogP) is 4.35. The van der Waals surface area contributed by atoms with Crippen molar-refractivity contribution in [2.24, 2.45) is 0 Å². The van der Waals surface area contributed by atoms with E-state index < -0.39 is 0 Å². The van der Waals surface area contributed by atoms with E-state index in [1.807, 2.05) is 68.4 Å². The molecular weight excluding hydrogens is 344 g/mol. The smallest absolute Gasteiger partial charge is 0.264 e. The Labute approximate surface area is 158 Å². The molecule has 4 nitrogen and oxygen atoms in total. The minimum atomic E-state index is -0.305. The van der Waals surface area contributed by atoms with E-state index >= 15 is 0 Å². The molecule has 3 rings (SSSR count). The van der Waals surface area contributed by atoms with E-state index in [0.717, 1.165) is 22.0 Å². The molecule has 3 aromatic rings. The number of amides is 1. The van der Waals surface area contributed by atoms with Crippen molar-refractivity contribution < 1.29 is 9.53 Å². The van der Waals surface area contributed by atoms with Crippen molar-refractivity contribution in [1.82, 2.24) is 5.32 Å². The lowest BCUT2D eigenvalue weighted by atomic mass is 10.1. The number of carbonyl (C=O) groups excluding carboxylic acids is 1. The van der Waals surface area contributed by atoms with Crippen LogP contribution in [0.15, 0.2) is 60.7 Å². The van der Waals surface area contributed by atoms with Crippen LogP contribution in [0, 0.1) is 13.8 Å². The summed E-state index contributed by atoms with van der Waals surface area (Å²) in [7, 11) is 0. The van der Waals surface area contributed by atoms with Crippen LogP contribution < -0.4 is 15.4 Å². The first kappa shape index (κ1) is 17.9. The molecule has 5 heteroatoms. The summed E-state index contributed by atoms with van der Waals surface area (Å²) in [5.74, 6) is 0.367. The summed E-state index contributed by atoms with van der Waals surface area (Å²) < 4.78 is 5.67. The van der Waals surface area contributed by atoms with Gasteiger partial charge in [0.15, 0.2) is 11.7 Å². The fourth-order valence-electron chi connectivity index (χ4n) is 2.73. The van der Waals surface area contributed by atoms with Crippen molar-refractivity contribution >= 4 is 39.7 Å². The zero-order chi connectivity index (χ0) is 18.5. The van der Waals surface area contributed by atoms with E-state index in [2.05, 4.69) is 16.7 Å². The maximum atomic E-state index is 12.1. The van der Waals surface area contributed by atoms with Crippen molar-refractivity contribution in [2.45, 2.75) is 13.8 Å². The normalized spacial score (nSPS) is 10.4. The van der Waals surface area contributed by atoms with Crippen molar-refractivity contribution in [1.29, 1.82) is 0 Å². The first-order valence-corrected chi connectivity index (χ1v) is 8.72. The van der Waals surface area contributed by atoms with Gasteiger partial charge in [-0.1, -0.05) is 54.1 Å². The number of thiocarbonyl (C=S) groups is 1. The highest BCUT2D eigenvalue weighted by Crippen LogP contribution is 2.24. The number of ether oxygens (including phenoxy) is 1. The third kappa shape index (κ3) is 4.37. The van der Waals surface area contributed by atoms with Gasteiger partial charge >= 0.3 is 0 Å². The largest absolute Gasteiger partial charge is 0.483 e. The molecule has 0 saturated heterocycles. The minimum absolute atomic E-state index is 0.108. The average molecular weight is 364 g/mol. The van der Waals surface area contributed by atoms with Crippen LogP contribution in [0.5, 0.6) is 5.75 Å². The minimum Gasteiger partial charge on any atom is -0.483 e. The molecule has 1 amide bonds. The average Bonchev–Trinajstić information content (AvgIpc) is 2.62. The highest BCUT2D eigenvalue weighted by atomic mass is 32.1. The Morgan fingerprint density at radius 1 is 1.04 bits per heavy atom. The van der Waals surface area contributed by atoms with E-state index in [4.69, 9.17) is 17.0 Å². The molecule has 0 aliphatic rings. The molecule has 3 aromatic carbocycles. The maximum Gasteiger partial charge on any atom is 0.264 e. The van der Waals surface area contributed by atoms with Gasteiger partial charge in [0, 0.05) is 11.1 Å². The van der Waals surface area contributed by atoms with Crippen LogP contribution in [0.25, 0.3) is 10.8 Å². The van der Waals surface area contributed by atoms with Crippen LogP contribution in [-0.4, -0.2) is 17.6 Å². The number of hydrogen-bond donors (Lipinski definition) is 2. The molecule has 0 spiro atoms. The molecular formula is C21H20N2O2S. The second kappa shape index (κ2) is 7.97. The number of aryl methyl sites for hydroxylation is 2. The monoisotopic (exact) mass is 364 g/mol. The molecule has 0 saturated carbocycles. The Bertz CT molecular complexity index is 964. The molecule has 0 radical (unpaired) electrons. The summed E-state index contributed by atoms with van der Waals surface area (Å²) in [5.41, 5.74) is 3.11. The van der Waals surface area contributed by atoms with E-state index in [9.17, 15) is 4.79 Å². The van der Waals surface area contributed by atoms with Crippen LogP contribution in [-0.2, 0) is 4.79 Å². The molecule has 0 aromatic heterocycles. The number of fused-ring (bicyclic) bond motifs is 1. The molecule has 0 bridgehead atoms. The van der Waals surface area contributed by atoms with Gasteiger partial charge in [0.25, 0.3) is 5.91 Å². The topological polar surface area (TPSA) is 50.4 Å². The summed E-state index contributed by atoms with van der Waals surface area (Å²) in [6.07, 6.45) is 0. The third-order valence-corrected chi connectivity index (χ3v) is 4.20. The lowest BCUT2D eigenvalue weighted by Crippen LogP contribution is -2.37. The molecule has 0 fully saturated rings. The molecule has 0 aliphatic heterocycles. The molecule has 26 heavy (non-hydrogen) atoms. The van der Waals surface area contributed by atoms with Gasteiger partial charge in [-0.2, -0.15) is 0 Å². The number of carbonyl (C=O) groups is 1. The van der Waals surface area contributed by atoms with Crippen molar-refractivity contribution in [3.8, 4) is 5.75 Å². The Morgan fingerprint density at radius 3 is 2.62 bits per heavy atom. The summed E-state index contributed by atoms with van der Waals surface area (Å²) in [5, 5.41) is 7.98. The fraction of sp³-hybridized carbons (Fsp3) is 0.143. The number of anilines is 1. The first-order valence-electron chi connectivity index (χ1n) is 8.31. The Balaban J connectivity index is 1.57. The number of rotatable bonds is 4. The van der Waals surface area contributed by atoms with Gasteiger partial charge in [0.05, 0.1) is 0 Å². The van der Waals surface area contributed by atoms with E-state index in [1.165, 1.54) is 5.56 Å². The van der Waals surface area contributed by atoms with Crippen molar-refractivity contribution in [3.63, 3.8) is 0 Å². The van der Waals surface area contributed by atoms with E-state index in [-0.39, 0.29) is 17.6 Å². The second-order valence-corrected chi connectivity index (χ2v) is 6.49. The molecule has 132 valence electrons. The molecule has 2 N–H and O–H groups in total. The van der Waals surface area contributed by atoms with Crippen LogP contribution in [0.4, 0.5) is 5.69 Å². The quantitative estimate of drug-likeness (QED) is 0.676. The van der Waals surface area contributed by atoms with Crippen LogP contribution in [0.1, 0.15) is 11.1 Å². The molecule has 0 aliphatic carbocycles. The molecule has 0 unspecified atom stereocenters. The van der Waals surface area contributed by atoms with Gasteiger partial charge in [-0.05, 0) is 49.1 Å². The third-order valence-electron chi connectivity index (χ3n) is 3.99. The first-order chi connectivity index (χ1) is 12.5. The zero-order valence-corrected chi connectivity index (χ0v) is 15.5. The highest BCUT2D eigenvalue weighted by molar-refractivity contribution is 7.80. The SMILES string of the molecule is Cc1ccc(NC(=S)NC(=O)COc2cccc3ccccc23)c(C)c1. The molecule has 0 atom stereocenters. The van der Waals surface area contributed by atoms with Gasteiger partial charge in [0.1, 0.15) is 5.75 Å². The lowest BCUT2D eigenvalue weighted by Gasteiger charge is -2.13. The Kier molecular flexibility index (Phi) is 5.49. The lowest BCUT2D eigenvalue weighted by molar-refractivity contribution is -0.121. The fourth-order valence-corrected chi connectivity index (χ4v) is 2.96. The highest BCUT2D eigenvalue weighted by Gasteiger charge is 2.08. The Morgan fingerprint density at radius 2 is 1.81 bits per heavy atom. The summed E-state index contributed by atoms with van der Waals surface area (Å²) in [6.45, 7) is 3.91. The summed E-state index contributed by atoms with van der Waals surface area (Å²) in [4.78, 5) is 12.1. The van der Waals surface area contributed by atoms with Gasteiger partial charge in [0.2, 0.25) is 0 Å². The number of nitrogens with one attached hydrogen (secondary N) is 2. The van der Waals surface area contributed by atoms with Gasteiger partial charge in [-0.3, -0.25) is 10.1 Å². The van der Waals surface area contributed by atoms with E-state index in [0.29, 0.717) is 5.75 Å². The van der Waals surface area contributed by atoms with E-state index in [1.54, 1.807) is 0 Å².